The van der Waals surface area contributed by atoms with Crippen LogP contribution in [0.5, 0.6) is 0 Å². The molecule has 0 heterocycles. The third-order valence-corrected chi connectivity index (χ3v) is 10.1. The predicted octanol–water partition coefficient (Wildman–Crippen LogP) is 6.30. The van der Waals surface area contributed by atoms with Crippen molar-refractivity contribution >= 4 is 8.56 Å². The van der Waals surface area contributed by atoms with Gasteiger partial charge in [-0.25, -0.2) is 0 Å². The average molecular weight is 317 g/mol. The van der Waals surface area contributed by atoms with Gasteiger partial charge >= 0.3 is 8.56 Å². The molecule has 0 saturated carbocycles. The minimum Gasteiger partial charge on any atom is -0.394 e. The van der Waals surface area contributed by atoms with E-state index in [9.17, 15) is 0 Å². The molecular formula is C18H40O2Si. The second-order valence-corrected chi connectivity index (χ2v) is 10.9. The van der Waals surface area contributed by atoms with Gasteiger partial charge in [0.15, 0.2) is 0 Å². The van der Waals surface area contributed by atoms with Crippen LogP contribution in [-0.2, 0) is 8.85 Å². The number of rotatable bonds is 13. The number of unbranched alkanes of at least 4 members (excludes halogenated alkanes) is 5. The van der Waals surface area contributed by atoms with Crippen molar-refractivity contribution in [2.75, 3.05) is 13.2 Å². The molecule has 128 valence electrons. The summed E-state index contributed by atoms with van der Waals surface area (Å²) in [6, 6.07) is 1.14. The maximum atomic E-state index is 6.34. The maximum Gasteiger partial charge on any atom is 0.344 e. The van der Waals surface area contributed by atoms with Gasteiger partial charge in [0.05, 0.1) is 0 Å². The van der Waals surface area contributed by atoms with E-state index in [4.69, 9.17) is 8.85 Å². The van der Waals surface area contributed by atoms with E-state index in [1.54, 1.807) is 0 Å². The molecule has 0 aromatic carbocycles. The average Bonchev–Trinajstić information content (AvgIpc) is 2.42. The van der Waals surface area contributed by atoms with Crippen molar-refractivity contribution < 1.29 is 8.85 Å². The molecule has 0 unspecified atom stereocenters. The highest BCUT2D eigenvalue weighted by atomic mass is 28.4. The second kappa shape index (κ2) is 10.8. The van der Waals surface area contributed by atoms with Crippen LogP contribution in [-0.4, -0.2) is 21.8 Å². The molecule has 0 N–H and O–H groups in total. The second-order valence-electron chi connectivity index (χ2n) is 7.01. The smallest absolute Gasteiger partial charge is 0.344 e. The summed E-state index contributed by atoms with van der Waals surface area (Å²) in [6.07, 6.45) is 8.00. The summed E-state index contributed by atoms with van der Waals surface area (Å²) < 4.78 is 12.7. The fourth-order valence-electron chi connectivity index (χ4n) is 2.92. The third-order valence-electron chi connectivity index (χ3n) is 5.04. The Labute approximate surface area is 135 Å². The summed E-state index contributed by atoms with van der Waals surface area (Å²) >= 11 is 0. The molecular weight excluding hydrogens is 276 g/mol. The first-order valence-electron chi connectivity index (χ1n) is 9.15. The molecule has 21 heavy (non-hydrogen) atoms. The molecule has 0 spiro atoms. The summed E-state index contributed by atoms with van der Waals surface area (Å²) in [5, 5.41) is 0.155. The Morgan fingerprint density at radius 1 is 0.810 bits per heavy atom. The molecule has 0 aromatic rings. The van der Waals surface area contributed by atoms with E-state index in [-0.39, 0.29) is 5.04 Å². The Balaban J connectivity index is 4.71. The van der Waals surface area contributed by atoms with Crippen molar-refractivity contribution in [2.45, 2.75) is 98.1 Å². The lowest BCUT2D eigenvalue weighted by Gasteiger charge is -2.45. The first kappa shape index (κ1) is 21.1. The van der Waals surface area contributed by atoms with Crippen molar-refractivity contribution in [1.82, 2.24) is 0 Å². The molecule has 0 aliphatic carbocycles. The Morgan fingerprint density at radius 2 is 1.29 bits per heavy atom. The van der Waals surface area contributed by atoms with Gasteiger partial charge in [-0.2, -0.15) is 0 Å². The van der Waals surface area contributed by atoms with Crippen LogP contribution in [0.2, 0.25) is 11.1 Å². The minimum atomic E-state index is -2.15. The lowest BCUT2D eigenvalue weighted by atomic mass is 9.99. The Hall–Kier alpha value is 0.137. The van der Waals surface area contributed by atoms with Gasteiger partial charge in [-0.05, 0) is 25.8 Å². The van der Waals surface area contributed by atoms with Crippen LogP contribution in [0.15, 0.2) is 0 Å². The van der Waals surface area contributed by atoms with Gasteiger partial charge in [0.25, 0.3) is 0 Å². The Kier molecular flexibility index (Phi) is 10.9. The normalized spacial score (nSPS) is 13.1. The quantitative estimate of drug-likeness (QED) is 0.293. The molecule has 0 amide bonds. The van der Waals surface area contributed by atoms with Crippen LogP contribution in [0.1, 0.15) is 87.0 Å². The Morgan fingerprint density at radius 3 is 1.71 bits per heavy atom. The molecule has 2 nitrogen and oxygen atoms in total. The third kappa shape index (κ3) is 6.41. The fourth-order valence-corrected chi connectivity index (χ4v) is 7.21. The zero-order chi connectivity index (χ0) is 16.4. The predicted molar refractivity (Wildman–Crippen MR) is 96.1 cm³/mol. The lowest BCUT2D eigenvalue weighted by Crippen LogP contribution is -2.53. The zero-order valence-electron chi connectivity index (χ0n) is 15.8. The number of hydrogen-bond donors (Lipinski definition) is 0. The summed E-state index contributed by atoms with van der Waals surface area (Å²) in [4.78, 5) is 0. The van der Waals surface area contributed by atoms with E-state index in [1.807, 2.05) is 0 Å². The first-order chi connectivity index (χ1) is 9.88. The van der Waals surface area contributed by atoms with Crippen LogP contribution >= 0.6 is 0 Å². The molecule has 0 aliphatic heterocycles. The van der Waals surface area contributed by atoms with Crippen molar-refractivity contribution in [1.29, 1.82) is 0 Å². The van der Waals surface area contributed by atoms with Crippen LogP contribution in [0.4, 0.5) is 0 Å². The molecule has 0 radical (unpaired) electrons. The van der Waals surface area contributed by atoms with Crippen LogP contribution in [0, 0.1) is 5.92 Å². The van der Waals surface area contributed by atoms with Crippen LogP contribution in [0.25, 0.3) is 0 Å². The van der Waals surface area contributed by atoms with Gasteiger partial charge in [0, 0.05) is 18.3 Å². The molecule has 0 fully saturated rings. The van der Waals surface area contributed by atoms with Gasteiger partial charge in [-0.3, -0.25) is 0 Å². The van der Waals surface area contributed by atoms with E-state index in [1.165, 1.54) is 38.5 Å². The van der Waals surface area contributed by atoms with E-state index in [0.29, 0.717) is 5.92 Å². The molecule has 0 rings (SSSR count). The summed E-state index contributed by atoms with van der Waals surface area (Å²) in [5.74, 6) is 0.586. The first-order valence-corrected chi connectivity index (χ1v) is 11.2. The molecule has 3 heteroatoms. The summed E-state index contributed by atoms with van der Waals surface area (Å²) in [7, 11) is -2.15. The van der Waals surface area contributed by atoms with Crippen LogP contribution < -0.4 is 0 Å². The highest BCUT2D eigenvalue weighted by Gasteiger charge is 2.52. The summed E-state index contributed by atoms with van der Waals surface area (Å²) in [6.45, 7) is 17.4. The molecule has 0 bridgehead atoms. The highest BCUT2D eigenvalue weighted by molar-refractivity contribution is 6.70. The van der Waals surface area contributed by atoms with E-state index in [0.717, 1.165) is 19.3 Å². The molecule has 0 aromatic heterocycles. The number of hydrogen-bond acceptors (Lipinski definition) is 2. The lowest BCUT2D eigenvalue weighted by molar-refractivity contribution is 0.144. The van der Waals surface area contributed by atoms with Crippen molar-refractivity contribution in [3.8, 4) is 0 Å². The largest absolute Gasteiger partial charge is 0.394 e. The zero-order valence-corrected chi connectivity index (χ0v) is 16.8. The van der Waals surface area contributed by atoms with Gasteiger partial charge in [0.2, 0.25) is 0 Å². The fraction of sp³-hybridized carbons (Fsp3) is 1.00. The Bertz CT molecular complexity index is 246. The molecule has 0 aliphatic rings. The van der Waals surface area contributed by atoms with Gasteiger partial charge < -0.3 is 8.85 Å². The van der Waals surface area contributed by atoms with Crippen LogP contribution in [0.3, 0.4) is 0 Å². The topological polar surface area (TPSA) is 18.5 Å². The van der Waals surface area contributed by atoms with E-state index < -0.39 is 8.56 Å². The molecule has 0 saturated heterocycles. The van der Waals surface area contributed by atoms with Gasteiger partial charge in [-0.15, -0.1) is 0 Å². The summed E-state index contributed by atoms with van der Waals surface area (Å²) in [5.41, 5.74) is 0. The maximum absolute atomic E-state index is 6.34. The van der Waals surface area contributed by atoms with Crippen molar-refractivity contribution in [3.63, 3.8) is 0 Å². The standard InChI is InChI=1S/C18H40O2Si/c1-8-11-12-13-14-15-16-21(19-9-2,20-10-3)18(6,7)17(4)5/h17H,8-16H2,1-7H3. The van der Waals surface area contributed by atoms with Gasteiger partial charge in [0.1, 0.15) is 0 Å². The SMILES string of the molecule is CCCCCCCC[Si](OCC)(OCC)C(C)(C)C(C)C. The van der Waals surface area contributed by atoms with Crippen molar-refractivity contribution in [3.05, 3.63) is 0 Å². The highest BCUT2D eigenvalue weighted by Crippen LogP contribution is 2.48. The minimum absolute atomic E-state index is 0.155. The monoisotopic (exact) mass is 316 g/mol. The van der Waals surface area contributed by atoms with E-state index >= 15 is 0 Å². The molecule has 0 atom stereocenters. The van der Waals surface area contributed by atoms with E-state index in [2.05, 4.69) is 48.5 Å². The van der Waals surface area contributed by atoms with Gasteiger partial charge in [-0.1, -0.05) is 73.1 Å². The van der Waals surface area contributed by atoms with Crippen molar-refractivity contribution in [2.24, 2.45) is 5.92 Å².